The molecular weight excluding hydrogens is 436 g/mol. The Morgan fingerprint density at radius 2 is 1.96 bits per heavy atom. The van der Waals surface area contributed by atoms with Crippen LogP contribution in [0.15, 0.2) is 34.1 Å². The van der Waals surface area contributed by atoms with Gasteiger partial charge in [-0.2, -0.15) is 0 Å². The van der Waals surface area contributed by atoms with Crippen LogP contribution in [0.4, 0.5) is 5.69 Å². The van der Waals surface area contributed by atoms with Crippen molar-refractivity contribution in [2.24, 2.45) is 0 Å². The maximum Gasteiger partial charge on any atom is 0.343 e. The molecular formula is C18H19BrN2O5S. The van der Waals surface area contributed by atoms with Gasteiger partial charge in [-0.3, -0.25) is 9.59 Å². The van der Waals surface area contributed by atoms with Crippen LogP contribution in [0.25, 0.3) is 0 Å². The van der Waals surface area contributed by atoms with Crippen molar-refractivity contribution in [1.29, 1.82) is 0 Å². The first-order valence-corrected chi connectivity index (χ1v) is 9.58. The molecule has 1 aromatic carbocycles. The van der Waals surface area contributed by atoms with Crippen LogP contribution in [0.2, 0.25) is 0 Å². The molecule has 2 N–H and O–H groups in total. The molecule has 0 aliphatic rings. The lowest BCUT2D eigenvalue weighted by molar-refractivity contribution is -0.142. The molecule has 27 heavy (non-hydrogen) atoms. The monoisotopic (exact) mass is 454 g/mol. The van der Waals surface area contributed by atoms with Crippen LogP contribution in [0.1, 0.15) is 22.2 Å². The number of anilines is 1. The summed E-state index contributed by atoms with van der Waals surface area (Å²) in [5.74, 6) is -0.644. The number of ether oxygens (including phenoxy) is 2. The second kappa shape index (κ2) is 9.52. The molecule has 2 amide bonds. The van der Waals surface area contributed by atoms with Crippen molar-refractivity contribution in [3.63, 3.8) is 0 Å². The highest BCUT2D eigenvalue weighted by molar-refractivity contribution is 9.11. The fourth-order valence-corrected chi connectivity index (χ4v) is 3.37. The van der Waals surface area contributed by atoms with Gasteiger partial charge in [0.1, 0.15) is 11.8 Å². The fraction of sp³-hybridized carbons (Fsp3) is 0.278. The maximum absolute atomic E-state index is 12.4. The third-order valence-corrected chi connectivity index (χ3v) is 5.20. The molecule has 144 valence electrons. The van der Waals surface area contributed by atoms with E-state index in [9.17, 15) is 14.4 Å². The highest BCUT2D eigenvalue weighted by Gasteiger charge is 2.18. The van der Waals surface area contributed by atoms with Gasteiger partial charge in [-0.15, -0.1) is 11.3 Å². The van der Waals surface area contributed by atoms with Crippen molar-refractivity contribution < 1.29 is 23.9 Å². The fourth-order valence-electron chi connectivity index (χ4n) is 2.08. The zero-order valence-electron chi connectivity index (χ0n) is 15.0. The lowest BCUT2D eigenvalue weighted by Crippen LogP contribution is -2.41. The van der Waals surface area contributed by atoms with E-state index in [1.165, 1.54) is 18.4 Å². The highest BCUT2D eigenvalue weighted by atomic mass is 79.9. The number of nitrogens with one attached hydrogen (secondary N) is 2. The van der Waals surface area contributed by atoms with Crippen LogP contribution in [0.5, 0.6) is 5.75 Å². The predicted molar refractivity (Wildman–Crippen MR) is 106 cm³/mol. The molecule has 0 spiro atoms. The molecule has 1 unspecified atom stereocenters. The van der Waals surface area contributed by atoms with Gasteiger partial charge in [0.15, 0.2) is 6.61 Å². The van der Waals surface area contributed by atoms with Crippen LogP contribution in [0.3, 0.4) is 0 Å². The first-order chi connectivity index (χ1) is 12.8. The molecule has 0 bridgehead atoms. The topological polar surface area (TPSA) is 93.7 Å². The summed E-state index contributed by atoms with van der Waals surface area (Å²) in [4.78, 5) is 36.1. The summed E-state index contributed by atoms with van der Waals surface area (Å²) in [5.41, 5.74) is 1.34. The predicted octanol–water partition coefficient (Wildman–Crippen LogP) is 3.13. The van der Waals surface area contributed by atoms with Crippen LogP contribution >= 0.6 is 27.3 Å². The maximum atomic E-state index is 12.4. The summed E-state index contributed by atoms with van der Waals surface area (Å²) in [5, 5.41) is 5.43. The zero-order chi connectivity index (χ0) is 20.0. The molecule has 0 fully saturated rings. The molecule has 1 aromatic heterocycles. The van der Waals surface area contributed by atoms with E-state index in [0.717, 1.165) is 9.35 Å². The standard InChI is InChI=1S/C18H19BrN2O5S/c1-10-8-12(26-9-16(22)25-3)4-5-13(10)21-17(23)11(2)20-18(24)14-6-7-15(19)27-14/h4-8,11H,9H2,1-3H3,(H,20,24)(H,21,23). The van der Waals surface area contributed by atoms with Gasteiger partial charge >= 0.3 is 5.97 Å². The van der Waals surface area contributed by atoms with E-state index >= 15 is 0 Å². The lowest BCUT2D eigenvalue weighted by Gasteiger charge is -2.15. The van der Waals surface area contributed by atoms with Crippen LogP contribution in [-0.4, -0.2) is 37.5 Å². The second-order valence-electron chi connectivity index (χ2n) is 5.63. The van der Waals surface area contributed by atoms with Crippen molar-refractivity contribution in [2.75, 3.05) is 19.0 Å². The smallest absolute Gasteiger partial charge is 0.343 e. The van der Waals surface area contributed by atoms with E-state index < -0.39 is 12.0 Å². The van der Waals surface area contributed by atoms with Gasteiger partial charge < -0.3 is 20.1 Å². The van der Waals surface area contributed by atoms with Crippen LogP contribution < -0.4 is 15.4 Å². The Morgan fingerprint density at radius 3 is 2.56 bits per heavy atom. The van der Waals surface area contributed by atoms with Crippen molar-refractivity contribution in [2.45, 2.75) is 19.9 Å². The molecule has 0 aliphatic heterocycles. The van der Waals surface area contributed by atoms with Crippen molar-refractivity contribution in [3.05, 3.63) is 44.6 Å². The first-order valence-electron chi connectivity index (χ1n) is 7.97. The largest absolute Gasteiger partial charge is 0.482 e. The summed E-state index contributed by atoms with van der Waals surface area (Å²) in [6, 6.07) is 7.75. The number of benzene rings is 1. The molecule has 7 nitrogen and oxygen atoms in total. The summed E-state index contributed by atoms with van der Waals surface area (Å²) >= 11 is 4.59. The van der Waals surface area contributed by atoms with Crippen LogP contribution in [-0.2, 0) is 14.3 Å². The Hall–Kier alpha value is -2.39. The lowest BCUT2D eigenvalue weighted by atomic mass is 10.1. The average Bonchev–Trinajstić information content (AvgIpc) is 3.08. The van der Waals surface area contributed by atoms with Crippen molar-refractivity contribution in [3.8, 4) is 5.75 Å². The molecule has 1 atom stereocenters. The van der Waals surface area contributed by atoms with Gasteiger partial charge in [-0.25, -0.2) is 4.79 Å². The number of methoxy groups -OCH3 is 1. The van der Waals surface area contributed by atoms with E-state index in [0.29, 0.717) is 16.3 Å². The van der Waals surface area contributed by atoms with Gasteiger partial charge in [-0.1, -0.05) is 0 Å². The number of rotatable bonds is 7. The molecule has 9 heteroatoms. The molecule has 1 heterocycles. The van der Waals surface area contributed by atoms with Gasteiger partial charge in [0, 0.05) is 5.69 Å². The summed E-state index contributed by atoms with van der Waals surface area (Å²) < 4.78 is 10.7. The third kappa shape index (κ3) is 6.07. The van der Waals surface area contributed by atoms with Gasteiger partial charge in [-0.05, 0) is 65.7 Å². The molecule has 2 aromatic rings. The SMILES string of the molecule is COC(=O)COc1ccc(NC(=O)C(C)NC(=O)c2ccc(Br)s2)c(C)c1. The number of halogens is 1. The summed E-state index contributed by atoms with van der Waals surface area (Å²) in [6.07, 6.45) is 0. The quantitative estimate of drug-likeness (QED) is 0.626. The van der Waals surface area contributed by atoms with E-state index in [2.05, 4.69) is 31.3 Å². The minimum Gasteiger partial charge on any atom is -0.482 e. The number of esters is 1. The third-order valence-electron chi connectivity index (χ3n) is 3.58. The van der Waals surface area contributed by atoms with Crippen molar-refractivity contribution >= 4 is 50.7 Å². The number of amides is 2. The summed E-state index contributed by atoms with van der Waals surface area (Å²) in [6.45, 7) is 3.22. The number of carbonyl (C=O) groups is 3. The zero-order valence-corrected chi connectivity index (χ0v) is 17.4. The van der Waals surface area contributed by atoms with E-state index in [4.69, 9.17) is 4.74 Å². The number of hydrogen-bond donors (Lipinski definition) is 2. The molecule has 2 rings (SSSR count). The number of aryl methyl sites for hydroxylation is 1. The van der Waals surface area contributed by atoms with Gasteiger partial charge in [0.2, 0.25) is 5.91 Å². The average molecular weight is 455 g/mol. The highest BCUT2D eigenvalue weighted by Crippen LogP contribution is 2.23. The van der Waals surface area contributed by atoms with Crippen molar-refractivity contribution in [1.82, 2.24) is 5.32 Å². The Kier molecular flexibility index (Phi) is 7.37. The normalized spacial score (nSPS) is 11.4. The second-order valence-corrected chi connectivity index (χ2v) is 8.09. The van der Waals surface area contributed by atoms with Gasteiger partial charge in [0.25, 0.3) is 5.91 Å². The molecule has 0 saturated heterocycles. The van der Waals surface area contributed by atoms with Crippen LogP contribution in [0, 0.1) is 6.92 Å². The molecule has 0 radical (unpaired) electrons. The Labute approximate surface area is 169 Å². The molecule has 0 saturated carbocycles. The van der Waals surface area contributed by atoms with E-state index in [1.807, 2.05) is 0 Å². The number of carbonyl (C=O) groups excluding carboxylic acids is 3. The summed E-state index contributed by atoms with van der Waals surface area (Å²) in [7, 11) is 1.28. The Bertz CT molecular complexity index is 852. The minimum absolute atomic E-state index is 0.191. The van der Waals surface area contributed by atoms with Gasteiger partial charge in [0.05, 0.1) is 15.8 Å². The first kappa shape index (κ1) is 20.9. The number of thiophene rings is 1. The van der Waals surface area contributed by atoms with E-state index in [1.54, 1.807) is 44.2 Å². The molecule has 0 aliphatic carbocycles. The minimum atomic E-state index is -0.715. The number of hydrogen-bond acceptors (Lipinski definition) is 6. The Balaban J connectivity index is 1.94. The Morgan fingerprint density at radius 1 is 1.22 bits per heavy atom. The van der Waals surface area contributed by atoms with E-state index in [-0.39, 0.29) is 18.4 Å².